The van der Waals surface area contributed by atoms with Crippen LogP contribution in [0.15, 0.2) is 30.3 Å². The Labute approximate surface area is 362 Å². The topological polar surface area (TPSA) is 201 Å². The first-order chi connectivity index (χ1) is 28.4. The molecule has 0 radical (unpaired) electrons. The van der Waals surface area contributed by atoms with Gasteiger partial charge in [-0.25, -0.2) is 4.79 Å². The minimum Gasteiger partial charge on any atom is -0.459 e. The number of nitrogens with one attached hydrogen (secondary N) is 1. The number of amides is 1. The van der Waals surface area contributed by atoms with Gasteiger partial charge in [0.15, 0.2) is 18.7 Å². The number of para-hydroxylation sites is 1. The number of likely N-dealkylation sites (N-methyl/N-ethyl adjacent to an activating group) is 1. The van der Waals surface area contributed by atoms with Crippen LogP contribution in [0.1, 0.15) is 94.9 Å². The number of carbonyl (C=O) groups is 3. The number of Topliss-reactive ketones (excluding diaryl/α,β-unsaturated/α-hetero) is 1. The fraction of sp³-hybridized carbons (Fsp3) is 0.800. The Morgan fingerprint density at radius 3 is 2.07 bits per heavy atom. The quantitative estimate of drug-likeness (QED) is 0.236. The number of hydrogen-bond donors (Lipinski definition) is 4. The molecule has 1 aromatic rings. The standard InChI is InChI=1S/C45H74N2O14/c1-15-32-45(10,53)37(49)26(4)34(48)24(2)22-44(9,55-14)39(27(5)35(28(6)40(51)58-32)59-33-23-43(8,54-13)38(50)29(7)57-33)61-41-36(31(47(11)12)21-25(3)56-41)60-42(52)46-30-19-17-16-18-20-30/h16-20,24-29,31-33,35-39,41,49-50,53H,15,21-23H2,1-14H3,(H,46,52)/t24-,25?,26+,27+,28-,29?,31?,32-,33?,35+,36?,37-,38?,39-,41?,43?,44-,45-/m1/s1. The van der Waals surface area contributed by atoms with Crippen molar-refractivity contribution in [2.75, 3.05) is 33.6 Å². The molecular weight excluding hydrogens is 792 g/mol. The molecule has 3 aliphatic heterocycles. The van der Waals surface area contributed by atoms with Gasteiger partial charge >= 0.3 is 12.1 Å². The van der Waals surface area contributed by atoms with Crippen molar-refractivity contribution >= 4 is 23.5 Å². The van der Waals surface area contributed by atoms with E-state index in [0.29, 0.717) is 12.1 Å². The number of hydrogen-bond acceptors (Lipinski definition) is 15. The minimum atomic E-state index is -2.00. The van der Waals surface area contributed by atoms with E-state index in [2.05, 4.69) is 5.32 Å². The molecule has 1 aromatic carbocycles. The van der Waals surface area contributed by atoms with Crippen molar-refractivity contribution in [3.8, 4) is 0 Å². The first-order valence-electron chi connectivity index (χ1n) is 21.7. The number of benzene rings is 1. The molecule has 348 valence electrons. The van der Waals surface area contributed by atoms with E-state index in [-0.39, 0.29) is 37.2 Å². The van der Waals surface area contributed by atoms with Crippen molar-refractivity contribution in [1.29, 1.82) is 0 Å². The summed E-state index contributed by atoms with van der Waals surface area (Å²) in [5, 5.41) is 37.2. The maximum atomic E-state index is 14.4. The summed E-state index contributed by atoms with van der Waals surface area (Å²) >= 11 is 0. The highest BCUT2D eigenvalue weighted by atomic mass is 16.7. The molecule has 16 heteroatoms. The second-order valence-electron chi connectivity index (χ2n) is 18.5. The lowest BCUT2D eigenvalue weighted by atomic mass is 9.74. The van der Waals surface area contributed by atoms with Gasteiger partial charge in [-0.15, -0.1) is 0 Å². The third kappa shape index (κ3) is 11.5. The summed E-state index contributed by atoms with van der Waals surface area (Å²) in [6, 6.07) is 8.53. The van der Waals surface area contributed by atoms with E-state index in [1.165, 1.54) is 21.1 Å². The van der Waals surface area contributed by atoms with Crippen LogP contribution in [0.25, 0.3) is 0 Å². The van der Waals surface area contributed by atoms with Gasteiger partial charge < -0.3 is 58.1 Å². The third-order valence-electron chi connectivity index (χ3n) is 13.5. The van der Waals surface area contributed by atoms with Crippen molar-refractivity contribution in [3.63, 3.8) is 0 Å². The second kappa shape index (κ2) is 20.8. The maximum absolute atomic E-state index is 14.4. The van der Waals surface area contributed by atoms with Gasteiger partial charge in [-0.1, -0.05) is 45.9 Å². The maximum Gasteiger partial charge on any atom is 0.412 e. The van der Waals surface area contributed by atoms with Crippen molar-refractivity contribution in [2.45, 2.75) is 179 Å². The predicted molar refractivity (Wildman–Crippen MR) is 225 cm³/mol. The Balaban J connectivity index is 1.88. The Hall–Kier alpha value is -2.77. The van der Waals surface area contributed by atoms with E-state index in [1.54, 1.807) is 72.7 Å². The number of nitrogens with zero attached hydrogens (tertiary/aromatic N) is 1. The molecule has 16 nitrogen and oxygen atoms in total. The van der Waals surface area contributed by atoms with E-state index < -0.39 is 108 Å². The van der Waals surface area contributed by atoms with Crippen LogP contribution in [-0.2, 0) is 47.5 Å². The molecule has 3 heterocycles. The highest BCUT2D eigenvalue weighted by molar-refractivity contribution is 5.85. The van der Waals surface area contributed by atoms with Crippen LogP contribution >= 0.6 is 0 Å². The smallest absolute Gasteiger partial charge is 0.412 e. The summed E-state index contributed by atoms with van der Waals surface area (Å²) in [5.41, 5.74) is -3.87. The summed E-state index contributed by atoms with van der Waals surface area (Å²) < 4.78 is 51.0. The van der Waals surface area contributed by atoms with Gasteiger partial charge in [0.25, 0.3) is 0 Å². The molecular formula is C45H74N2O14. The third-order valence-corrected chi connectivity index (χ3v) is 13.5. The number of methoxy groups -OCH3 is 2. The average Bonchev–Trinajstić information content (AvgIpc) is 3.21. The monoisotopic (exact) mass is 867 g/mol. The van der Waals surface area contributed by atoms with Crippen molar-refractivity contribution in [3.05, 3.63) is 30.3 Å². The zero-order valence-electron chi connectivity index (χ0n) is 38.7. The molecule has 4 N–H and O–H groups in total. The normalized spacial score (nSPS) is 43.3. The zero-order valence-corrected chi connectivity index (χ0v) is 38.7. The van der Waals surface area contributed by atoms with Crippen LogP contribution in [0.5, 0.6) is 0 Å². The molecule has 61 heavy (non-hydrogen) atoms. The zero-order chi connectivity index (χ0) is 45.8. The summed E-state index contributed by atoms with van der Waals surface area (Å²) in [4.78, 5) is 44.2. The van der Waals surface area contributed by atoms with E-state index in [0.717, 1.165) is 0 Å². The van der Waals surface area contributed by atoms with Gasteiger partial charge in [0.05, 0.1) is 53.7 Å². The number of anilines is 1. The highest BCUT2D eigenvalue weighted by Crippen LogP contribution is 2.42. The van der Waals surface area contributed by atoms with E-state index in [9.17, 15) is 29.7 Å². The molecule has 0 saturated carbocycles. The van der Waals surface area contributed by atoms with Gasteiger partial charge in [0, 0.05) is 44.1 Å². The molecule has 8 unspecified atom stereocenters. The first kappa shape index (κ1) is 50.9. The van der Waals surface area contributed by atoms with Crippen LogP contribution < -0.4 is 5.32 Å². The lowest BCUT2D eigenvalue weighted by Gasteiger charge is -2.50. The Bertz CT molecular complexity index is 1600. The summed E-state index contributed by atoms with van der Waals surface area (Å²) in [5.74, 6) is -4.76. The van der Waals surface area contributed by atoms with Crippen LogP contribution in [-0.4, -0.2) is 151 Å². The van der Waals surface area contributed by atoms with E-state index >= 15 is 0 Å². The molecule has 0 aliphatic carbocycles. The van der Waals surface area contributed by atoms with Crippen molar-refractivity contribution in [2.24, 2.45) is 23.7 Å². The lowest BCUT2D eigenvalue weighted by molar-refractivity contribution is -0.318. The molecule has 0 aromatic heterocycles. The number of carbonyl (C=O) groups excluding carboxylic acids is 3. The van der Waals surface area contributed by atoms with Crippen molar-refractivity contribution in [1.82, 2.24) is 4.90 Å². The molecule has 1 amide bonds. The Morgan fingerprint density at radius 2 is 1.49 bits per heavy atom. The molecule has 0 spiro atoms. The number of aliphatic hydroxyl groups is 3. The Kier molecular flexibility index (Phi) is 17.4. The number of cyclic esters (lactones) is 1. The summed E-state index contributed by atoms with van der Waals surface area (Å²) in [6.07, 6.45) is -10.1. The van der Waals surface area contributed by atoms with Gasteiger partial charge in [-0.3, -0.25) is 14.9 Å². The van der Waals surface area contributed by atoms with E-state index in [4.69, 9.17) is 37.9 Å². The molecule has 18 atom stereocenters. The molecule has 3 fully saturated rings. The van der Waals surface area contributed by atoms with Crippen LogP contribution in [0.2, 0.25) is 0 Å². The lowest BCUT2D eigenvalue weighted by Crippen LogP contribution is -2.62. The Morgan fingerprint density at radius 1 is 0.869 bits per heavy atom. The minimum absolute atomic E-state index is 0.0591. The molecule has 3 aliphatic rings. The SMILES string of the molecule is CC[C@H]1OC(=O)[C@H](C)[C@@H](OC2CC(C)(OC)C(O)C(C)O2)[C@H](C)[C@@H](OC2OC(C)CC(N(C)C)C2OC(=O)Nc2ccccc2)[C@](C)(OC)C[C@@H](C)C(=O)[C@H](C)[C@@H](O)[C@]1(C)O. The van der Waals surface area contributed by atoms with Gasteiger partial charge in [0.1, 0.15) is 23.6 Å². The predicted octanol–water partition coefficient (Wildman–Crippen LogP) is 4.70. The van der Waals surface area contributed by atoms with Gasteiger partial charge in [0.2, 0.25) is 0 Å². The highest BCUT2D eigenvalue weighted by Gasteiger charge is 2.54. The number of ether oxygens (including phenoxy) is 8. The van der Waals surface area contributed by atoms with E-state index in [1.807, 2.05) is 38.9 Å². The number of aliphatic hydroxyl groups excluding tert-OH is 2. The van der Waals surface area contributed by atoms with Crippen LogP contribution in [0.3, 0.4) is 0 Å². The van der Waals surface area contributed by atoms with Crippen molar-refractivity contribution < 1.29 is 67.6 Å². The summed E-state index contributed by atoms with van der Waals surface area (Å²) in [7, 11) is 6.75. The number of rotatable bonds is 10. The molecule has 0 bridgehead atoms. The fourth-order valence-corrected chi connectivity index (χ4v) is 9.49. The number of esters is 1. The fourth-order valence-electron chi connectivity index (χ4n) is 9.49. The molecule has 4 rings (SSSR count). The van der Waals surface area contributed by atoms with Gasteiger partial charge in [-0.05, 0) is 87.0 Å². The van der Waals surface area contributed by atoms with Crippen LogP contribution in [0, 0.1) is 23.7 Å². The average molecular weight is 867 g/mol. The van der Waals surface area contributed by atoms with Crippen LogP contribution in [0.4, 0.5) is 10.5 Å². The largest absolute Gasteiger partial charge is 0.459 e. The molecule has 3 saturated heterocycles. The van der Waals surface area contributed by atoms with Gasteiger partial charge in [-0.2, -0.15) is 0 Å². The summed E-state index contributed by atoms with van der Waals surface area (Å²) in [6.45, 7) is 17.0. The number of ketones is 1. The first-order valence-corrected chi connectivity index (χ1v) is 21.7. The second-order valence-corrected chi connectivity index (χ2v) is 18.5.